The van der Waals surface area contributed by atoms with Crippen molar-refractivity contribution < 1.29 is 26.7 Å². The molecule has 0 saturated carbocycles. The molecule has 1 aromatic heterocycles. The molecule has 110 valence electrons. The number of hydrogen-bond donors (Lipinski definition) is 2. The van der Waals surface area contributed by atoms with Crippen molar-refractivity contribution in [3.8, 4) is 0 Å². The van der Waals surface area contributed by atoms with Crippen LogP contribution in [0.2, 0.25) is 0 Å². The van der Waals surface area contributed by atoms with Gasteiger partial charge in [0.15, 0.2) is 12.8 Å². The number of rotatable bonds is 4. The number of aryl methyl sites for hydroxylation is 1. The summed E-state index contributed by atoms with van der Waals surface area (Å²) in [5, 5.41) is 9.02. The molecule has 0 aliphatic carbocycles. The molecule has 6 nitrogen and oxygen atoms in total. The van der Waals surface area contributed by atoms with Crippen LogP contribution in [0.3, 0.4) is 0 Å². The predicted octanol–water partition coefficient (Wildman–Crippen LogP) is -3.17. The average Bonchev–Trinajstić information content (AvgIpc) is 2.37. The maximum Gasteiger partial charge on any atom is 0.260 e. The highest BCUT2D eigenvalue weighted by atomic mass is 79.9. The minimum atomic E-state index is -0.101. The highest BCUT2D eigenvalue weighted by Gasteiger charge is 2.24. The minimum absolute atomic E-state index is 0. The second kappa shape index (κ2) is 7.35. The van der Waals surface area contributed by atoms with Crippen LogP contribution >= 0.6 is 0 Å². The van der Waals surface area contributed by atoms with Crippen LogP contribution in [0.15, 0.2) is 23.3 Å². The fraction of sp³-hybridized carbons (Fsp3) is 0.462. The van der Waals surface area contributed by atoms with E-state index in [1.54, 1.807) is 13.1 Å². The van der Waals surface area contributed by atoms with E-state index < -0.39 is 0 Å². The molecule has 2 rings (SSSR count). The molecular formula is C13H19BrN4O2. The van der Waals surface area contributed by atoms with E-state index in [1.165, 1.54) is 0 Å². The van der Waals surface area contributed by atoms with Gasteiger partial charge in [-0.2, -0.15) is 0 Å². The van der Waals surface area contributed by atoms with Crippen LogP contribution in [0.25, 0.3) is 0 Å². The first-order chi connectivity index (χ1) is 9.11. The molecule has 1 aromatic rings. The summed E-state index contributed by atoms with van der Waals surface area (Å²) in [5.74, 6) is 0.617. The number of hydrogen-bond acceptors (Lipinski definition) is 4. The van der Waals surface area contributed by atoms with Crippen LogP contribution in [0.5, 0.6) is 0 Å². The maximum atomic E-state index is 11.8. The third kappa shape index (κ3) is 3.77. The Labute approximate surface area is 128 Å². The van der Waals surface area contributed by atoms with Gasteiger partial charge in [0.05, 0.1) is 12.2 Å². The van der Waals surface area contributed by atoms with E-state index in [1.807, 2.05) is 34.9 Å². The standard InChI is InChI=1S/C13H18N4O2.BrH/c1-10-14-8-12(13(19)15-10)9-17-5-3-4-16(6-7-18)11(17)2;/h3-5,8,11,18H,6-7,9H2,1-2H3;1H. The van der Waals surface area contributed by atoms with E-state index in [0.717, 1.165) is 0 Å². The summed E-state index contributed by atoms with van der Waals surface area (Å²) in [6.45, 7) is 4.97. The molecule has 0 fully saturated rings. The topological polar surface area (TPSA) is 72.2 Å². The molecule has 20 heavy (non-hydrogen) atoms. The summed E-state index contributed by atoms with van der Waals surface area (Å²) in [7, 11) is 0. The molecule has 1 atom stereocenters. The van der Waals surface area contributed by atoms with Gasteiger partial charge in [0.25, 0.3) is 5.56 Å². The molecule has 1 aliphatic heterocycles. The number of aliphatic hydroxyl groups is 1. The Balaban J connectivity index is 0.00000200. The summed E-state index contributed by atoms with van der Waals surface area (Å²) in [6, 6.07) is 0. The maximum absolute atomic E-state index is 11.8. The SMILES string of the molecule is Cc1ncc(C[N+]2=CC=CN(CCO)C2C)c(=O)[nH]1.[Br-]. The number of halogens is 1. The highest BCUT2D eigenvalue weighted by molar-refractivity contribution is 5.66. The van der Waals surface area contributed by atoms with Crippen molar-refractivity contribution in [2.24, 2.45) is 0 Å². The molecule has 0 bridgehead atoms. The van der Waals surface area contributed by atoms with Gasteiger partial charge in [0.1, 0.15) is 5.82 Å². The van der Waals surface area contributed by atoms with Crippen LogP contribution < -0.4 is 22.5 Å². The Morgan fingerprint density at radius 1 is 1.55 bits per heavy atom. The Bertz CT molecular complexity index is 568. The van der Waals surface area contributed by atoms with Crippen molar-refractivity contribution in [2.45, 2.75) is 26.6 Å². The zero-order chi connectivity index (χ0) is 13.8. The van der Waals surface area contributed by atoms with E-state index in [2.05, 4.69) is 9.97 Å². The van der Waals surface area contributed by atoms with Crippen molar-refractivity contribution in [1.82, 2.24) is 14.9 Å². The van der Waals surface area contributed by atoms with Gasteiger partial charge >= 0.3 is 0 Å². The molecule has 2 N–H and O–H groups in total. The Kier molecular flexibility index (Phi) is 6.09. The summed E-state index contributed by atoms with van der Waals surface area (Å²) in [4.78, 5) is 20.7. The lowest BCUT2D eigenvalue weighted by molar-refractivity contribution is -0.596. The zero-order valence-corrected chi connectivity index (χ0v) is 13.2. The minimum Gasteiger partial charge on any atom is -1.00 e. The molecule has 0 amide bonds. The summed E-state index contributed by atoms with van der Waals surface area (Å²) in [5.41, 5.74) is 0.532. The van der Waals surface area contributed by atoms with Gasteiger partial charge in [-0.3, -0.25) is 4.79 Å². The van der Waals surface area contributed by atoms with Crippen molar-refractivity contribution in [3.05, 3.63) is 40.2 Å². The number of aromatic amines is 1. The largest absolute Gasteiger partial charge is 1.00 e. The fourth-order valence-electron chi connectivity index (χ4n) is 2.08. The Morgan fingerprint density at radius 2 is 2.30 bits per heavy atom. The van der Waals surface area contributed by atoms with E-state index in [-0.39, 0.29) is 35.3 Å². The van der Waals surface area contributed by atoms with Gasteiger partial charge in [-0.05, 0) is 6.92 Å². The monoisotopic (exact) mass is 342 g/mol. The summed E-state index contributed by atoms with van der Waals surface area (Å²) >= 11 is 0. The van der Waals surface area contributed by atoms with Crippen molar-refractivity contribution in [3.63, 3.8) is 0 Å². The number of aliphatic hydroxyl groups excluding tert-OH is 1. The number of H-pyrrole nitrogens is 1. The van der Waals surface area contributed by atoms with Gasteiger partial charge in [-0.25, -0.2) is 9.56 Å². The molecule has 0 saturated heterocycles. The lowest BCUT2D eigenvalue weighted by Gasteiger charge is -2.26. The predicted molar refractivity (Wildman–Crippen MR) is 72.0 cm³/mol. The molecule has 0 spiro atoms. The normalized spacial score (nSPS) is 17.6. The number of nitrogens with one attached hydrogen (secondary N) is 1. The third-order valence-electron chi connectivity index (χ3n) is 3.23. The van der Waals surface area contributed by atoms with Crippen LogP contribution in [0, 0.1) is 6.92 Å². The third-order valence-corrected chi connectivity index (χ3v) is 3.23. The molecule has 7 heteroatoms. The van der Waals surface area contributed by atoms with Gasteiger partial charge in [0, 0.05) is 31.9 Å². The quantitative estimate of drug-likeness (QED) is 0.566. The van der Waals surface area contributed by atoms with E-state index >= 15 is 0 Å². The molecule has 0 aromatic carbocycles. The van der Waals surface area contributed by atoms with Crippen molar-refractivity contribution in [2.75, 3.05) is 13.2 Å². The second-order valence-electron chi connectivity index (χ2n) is 4.58. The van der Waals surface area contributed by atoms with Gasteiger partial charge in [-0.15, -0.1) is 0 Å². The summed E-state index contributed by atoms with van der Waals surface area (Å²) < 4.78 is 2.04. The van der Waals surface area contributed by atoms with E-state index in [0.29, 0.717) is 24.5 Å². The smallest absolute Gasteiger partial charge is 0.260 e. The van der Waals surface area contributed by atoms with E-state index in [9.17, 15) is 4.79 Å². The number of allylic oxidation sites excluding steroid dienone is 1. The number of nitrogens with zero attached hydrogens (tertiary/aromatic N) is 3. The zero-order valence-electron chi connectivity index (χ0n) is 11.6. The Morgan fingerprint density at radius 3 is 2.95 bits per heavy atom. The lowest BCUT2D eigenvalue weighted by Crippen LogP contribution is -3.00. The molecule has 0 radical (unpaired) electrons. The van der Waals surface area contributed by atoms with Crippen molar-refractivity contribution in [1.29, 1.82) is 0 Å². The summed E-state index contributed by atoms with van der Waals surface area (Å²) in [6.07, 6.45) is 7.50. The first kappa shape index (κ1) is 16.6. The Hall–Kier alpha value is -1.47. The fourth-order valence-corrected chi connectivity index (χ4v) is 2.08. The first-order valence-electron chi connectivity index (χ1n) is 6.30. The first-order valence-corrected chi connectivity index (χ1v) is 6.30. The second-order valence-corrected chi connectivity index (χ2v) is 4.58. The van der Waals surface area contributed by atoms with Crippen LogP contribution in [-0.2, 0) is 6.54 Å². The van der Waals surface area contributed by atoms with Crippen LogP contribution in [0.4, 0.5) is 0 Å². The van der Waals surface area contributed by atoms with Crippen LogP contribution in [0.1, 0.15) is 18.3 Å². The van der Waals surface area contributed by atoms with Gasteiger partial charge < -0.3 is 32.0 Å². The molecular weight excluding hydrogens is 324 g/mol. The lowest BCUT2D eigenvalue weighted by atomic mass is 10.2. The average molecular weight is 343 g/mol. The molecule has 2 heterocycles. The molecule has 1 aliphatic rings. The van der Waals surface area contributed by atoms with Crippen LogP contribution in [-0.4, -0.2) is 50.1 Å². The highest BCUT2D eigenvalue weighted by Crippen LogP contribution is 2.07. The molecule has 1 unspecified atom stereocenters. The van der Waals surface area contributed by atoms with Gasteiger partial charge in [-0.1, -0.05) is 0 Å². The number of aromatic nitrogens is 2. The van der Waals surface area contributed by atoms with Gasteiger partial charge in [0.2, 0.25) is 6.17 Å². The van der Waals surface area contributed by atoms with Crippen molar-refractivity contribution >= 4 is 6.21 Å². The number of β-amino-alcohol motifs (C(OH)–C–C–N with tert-alkyl or cyclic N) is 1. The van der Waals surface area contributed by atoms with E-state index in [4.69, 9.17) is 5.11 Å².